The van der Waals surface area contributed by atoms with Crippen molar-refractivity contribution in [2.45, 2.75) is 77.9 Å². The van der Waals surface area contributed by atoms with Crippen molar-refractivity contribution in [1.82, 2.24) is 5.32 Å². The summed E-state index contributed by atoms with van der Waals surface area (Å²) in [5.41, 5.74) is 1.09. The van der Waals surface area contributed by atoms with Gasteiger partial charge in [-0.05, 0) is 43.5 Å². The molecule has 0 radical (unpaired) electrons. The summed E-state index contributed by atoms with van der Waals surface area (Å²) >= 11 is 0. The van der Waals surface area contributed by atoms with Gasteiger partial charge in [-0.3, -0.25) is 14.9 Å². The van der Waals surface area contributed by atoms with Gasteiger partial charge in [0.1, 0.15) is 24.1 Å². The summed E-state index contributed by atoms with van der Waals surface area (Å²) in [4.78, 5) is 40.0. The van der Waals surface area contributed by atoms with Crippen LogP contribution in [0.25, 0.3) is 0 Å². The van der Waals surface area contributed by atoms with Crippen molar-refractivity contribution in [3.8, 4) is 5.75 Å². The van der Waals surface area contributed by atoms with Crippen LogP contribution >= 0.6 is 0 Å². The monoisotopic (exact) mass is 570 g/mol. The summed E-state index contributed by atoms with van der Waals surface area (Å²) in [6, 6.07) is 4.96. The maximum absolute atomic E-state index is 13.4. The van der Waals surface area contributed by atoms with Crippen molar-refractivity contribution in [2.75, 3.05) is 19.1 Å². The lowest BCUT2D eigenvalue weighted by Gasteiger charge is -2.41. The predicted molar refractivity (Wildman–Crippen MR) is 154 cm³/mol. The number of ether oxygens (including phenoxy) is 3. The number of phenols is 1. The van der Waals surface area contributed by atoms with Gasteiger partial charge in [0.25, 0.3) is 0 Å². The third-order valence-corrected chi connectivity index (χ3v) is 7.40. The Morgan fingerprint density at radius 3 is 2.59 bits per heavy atom. The predicted octanol–water partition coefficient (Wildman–Crippen LogP) is 4.16. The van der Waals surface area contributed by atoms with Gasteiger partial charge in [0.05, 0.1) is 12.3 Å². The Kier molecular flexibility index (Phi) is 10.4. The molecule has 2 aliphatic heterocycles. The van der Waals surface area contributed by atoms with Crippen molar-refractivity contribution in [2.24, 2.45) is 11.8 Å². The normalized spacial score (nSPS) is 31.3. The molecule has 1 aromatic rings. The number of fused-ring (bicyclic) bond motifs is 4. The number of benzene rings is 1. The van der Waals surface area contributed by atoms with Crippen LogP contribution in [0.5, 0.6) is 5.75 Å². The van der Waals surface area contributed by atoms with E-state index in [9.17, 15) is 24.6 Å². The Morgan fingerprint density at radius 1 is 1.22 bits per heavy atom. The molecule has 0 aromatic heterocycles. The van der Waals surface area contributed by atoms with Gasteiger partial charge in [-0.2, -0.15) is 0 Å². The quantitative estimate of drug-likeness (QED) is 0.364. The smallest absolute Gasteiger partial charge is 0.409 e. The summed E-state index contributed by atoms with van der Waals surface area (Å²) < 4.78 is 16.8. The number of anilines is 1. The van der Waals surface area contributed by atoms with Gasteiger partial charge < -0.3 is 29.3 Å². The van der Waals surface area contributed by atoms with Gasteiger partial charge in [-0.15, -0.1) is 0 Å². The zero-order valence-corrected chi connectivity index (χ0v) is 24.8. The molecule has 2 heterocycles. The molecule has 0 saturated carbocycles. The number of phenolic OH excluding ortho intramolecular Hbond substituents is 1. The highest BCUT2D eigenvalue weighted by molar-refractivity contribution is 5.93. The maximum atomic E-state index is 13.4. The van der Waals surface area contributed by atoms with Gasteiger partial charge in [-0.1, -0.05) is 50.6 Å². The molecule has 10 heteroatoms. The Labute approximate surface area is 241 Å². The Balaban J connectivity index is 2.09. The van der Waals surface area contributed by atoms with Gasteiger partial charge in [0.15, 0.2) is 5.72 Å². The molecule has 5 atom stereocenters. The van der Waals surface area contributed by atoms with Gasteiger partial charge >= 0.3 is 12.1 Å². The molecule has 0 aliphatic carbocycles. The molecule has 224 valence electrons. The van der Waals surface area contributed by atoms with Crippen molar-refractivity contribution in [3.05, 3.63) is 59.2 Å². The van der Waals surface area contributed by atoms with Crippen LogP contribution in [0.15, 0.2) is 53.6 Å². The first kappa shape index (κ1) is 31.9. The van der Waals surface area contributed by atoms with Crippen LogP contribution in [-0.2, 0) is 30.2 Å². The molecule has 3 rings (SSSR count). The highest BCUT2D eigenvalue weighted by Gasteiger charge is 2.46. The number of aliphatic hydroxyl groups is 1. The average Bonchev–Trinajstić information content (AvgIpc) is 2.88. The molecular formula is C31H42N2O8. The number of amides is 2. The molecule has 10 nitrogen and oxygen atoms in total. The first-order chi connectivity index (χ1) is 19.2. The average molecular weight is 571 g/mol. The molecule has 4 bridgehead atoms. The largest absolute Gasteiger partial charge is 0.508 e. The summed E-state index contributed by atoms with van der Waals surface area (Å²) in [7, 11) is 3.05. The Hall–Kier alpha value is -3.63. The number of esters is 1. The number of carbonyl (C=O) groups excluding carboxylic acids is 3. The molecule has 2 amide bonds. The first-order valence-electron chi connectivity index (χ1n) is 13.8. The molecule has 2 aliphatic rings. The van der Waals surface area contributed by atoms with E-state index >= 15 is 0 Å². The van der Waals surface area contributed by atoms with E-state index in [0.717, 1.165) is 11.1 Å². The first-order valence-corrected chi connectivity index (χ1v) is 13.8. The van der Waals surface area contributed by atoms with E-state index in [-0.39, 0.29) is 24.5 Å². The van der Waals surface area contributed by atoms with Gasteiger partial charge in [0, 0.05) is 38.2 Å². The highest BCUT2D eigenvalue weighted by Crippen LogP contribution is 2.31. The number of allylic oxidation sites excluding steroid dienone is 3. The van der Waals surface area contributed by atoms with E-state index in [1.54, 1.807) is 52.1 Å². The zero-order valence-electron chi connectivity index (χ0n) is 24.8. The van der Waals surface area contributed by atoms with E-state index in [1.807, 2.05) is 26.0 Å². The Bertz CT molecular complexity index is 1240. The molecule has 41 heavy (non-hydrogen) atoms. The van der Waals surface area contributed by atoms with Crippen molar-refractivity contribution >= 4 is 23.7 Å². The van der Waals surface area contributed by atoms with Crippen LogP contribution in [0.2, 0.25) is 0 Å². The zero-order chi connectivity index (χ0) is 30.5. The number of nitrogens with one attached hydrogen (secondary N) is 1. The minimum absolute atomic E-state index is 0.0174. The number of aromatic hydroxyl groups is 1. The fourth-order valence-corrected chi connectivity index (χ4v) is 4.95. The van der Waals surface area contributed by atoms with Crippen LogP contribution < -0.4 is 10.2 Å². The number of nitrogens with zero attached hydrogens (tertiary/aromatic N) is 1. The van der Waals surface area contributed by atoms with Crippen LogP contribution in [0.3, 0.4) is 0 Å². The second-order valence-corrected chi connectivity index (χ2v) is 11.3. The molecular weight excluding hydrogens is 528 g/mol. The lowest BCUT2D eigenvalue weighted by molar-refractivity contribution is -0.152. The van der Waals surface area contributed by atoms with Crippen molar-refractivity contribution in [1.29, 1.82) is 0 Å². The van der Waals surface area contributed by atoms with Gasteiger partial charge in [0.2, 0.25) is 5.91 Å². The van der Waals surface area contributed by atoms with Crippen LogP contribution in [-0.4, -0.2) is 66.4 Å². The molecule has 3 N–H and O–H groups in total. The number of methoxy groups -OCH3 is 1. The molecule has 1 saturated heterocycles. The second kappa shape index (κ2) is 13.4. The molecule has 0 spiro atoms. The van der Waals surface area contributed by atoms with Crippen LogP contribution in [0, 0.1) is 11.8 Å². The van der Waals surface area contributed by atoms with E-state index in [2.05, 4.69) is 5.32 Å². The lowest BCUT2D eigenvalue weighted by atomic mass is 9.89. The van der Waals surface area contributed by atoms with E-state index in [4.69, 9.17) is 14.2 Å². The number of carbonyl (C=O) groups is 3. The van der Waals surface area contributed by atoms with E-state index in [0.29, 0.717) is 17.7 Å². The van der Waals surface area contributed by atoms with Crippen LogP contribution in [0.1, 0.15) is 53.0 Å². The number of hydrogen-bond acceptors (Lipinski definition) is 8. The fraction of sp³-hybridized carbons (Fsp3) is 0.516. The summed E-state index contributed by atoms with van der Waals surface area (Å²) in [5.74, 6) is -1.57. The third-order valence-electron chi connectivity index (χ3n) is 7.40. The van der Waals surface area contributed by atoms with Crippen LogP contribution in [0.4, 0.5) is 10.5 Å². The molecule has 1 fully saturated rings. The fourth-order valence-electron chi connectivity index (χ4n) is 4.95. The summed E-state index contributed by atoms with van der Waals surface area (Å²) in [6.45, 7) is 8.91. The number of rotatable bonds is 3. The second-order valence-electron chi connectivity index (χ2n) is 11.3. The standard InChI is InChI=1S/C31H42N2O8/c1-18(2)29(36)40-25-16-28(35)33(6)23-13-22(14-24(34)15-23)11-19(3)9-8-10-27(39-7)31(38)17-26(41-30(37)32-31)21(5)12-20(25)4/h8-10,12-15,18,21,25-27,34,38H,11,16-17H2,1-7H3,(H,32,37)/b10-8+,19-9+,20-12+. The topological polar surface area (TPSA) is 135 Å². The van der Waals surface area contributed by atoms with Crippen molar-refractivity contribution in [3.63, 3.8) is 0 Å². The maximum Gasteiger partial charge on any atom is 0.409 e. The number of hydrogen-bond donors (Lipinski definition) is 3. The Morgan fingerprint density at radius 2 is 1.93 bits per heavy atom. The molecule has 1 aromatic carbocycles. The minimum Gasteiger partial charge on any atom is -0.508 e. The lowest BCUT2D eigenvalue weighted by Crippen LogP contribution is -2.63. The van der Waals surface area contributed by atoms with E-state index < -0.39 is 47.9 Å². The van der Waals surface area contributed by atoms with Gasteiger partial charge in [-0.25, -0.2) is 4.79 Å². The highest BCUT2D eigenvalue weighted by atomic mass is 16.6. The summed E-state index contributed by atoms with van der Waals surface area (Å²) in [6.07, 6.45) is 4.15. The summed E-state index contributed by atoms with van der Waals surface area (Å²) in [5, 5.41) is 24.4. The third kappa shape index (κ3) is 8.20. The SMILES string of the molecule is COC1/C=C/C=C(\C)Cc2cc(O)cc(c2)N(C)C(=O)CC(OC(=O)C(C)C)/C(C)=C/C(C)C2CC1(O)NC(=O)O2. The number of alkyl carbamates (subject to hydrolysis) is 1. The van der Waals surface area contributed by atoms with E-state index in [1.165, 1.54) is 18.1 Å². The minimum atomic E-state index is -1.74. The van der Waals surface area contributed by atoms with Crippen molar-refractivity contribution < 1.29 is 38.8 Å². The molecule has 5 unspecified atom stereocenters.